The lowest BCUT2D eigenvalue weighted by Crippen LogP contribution is -2.35. The summed E-state index contributed by atoms with van der Waals surface area (Å²) >= 11 is 0. The molecule has 136 valence electrons. The average molecular weight is 339 g/mol. The largest absolute Gasteiger partial charge is 0.299 e. The van der Waals surface area contributed by atoms with E-state index in [9.17, 15) is 4.79 Å². The topological polar surface area (TPSA) is 17.1 Å². The van der Waals surface area contributed by atoms with Gasteiger partial charge in [0.05, 0.1) is 0 Å². The first-order valence-electron chi connectivity index (χ1n) is 10.3. The van der Waals surface area contributed by atoms with Gasteiger partial charge in [0.2, 0.25) is 0 Å². The van der Waals surface area contributed by atoms with Crippen molar-refractivity contribution in [2.45, 2.75) is 71.6 Å². The lowest BCUT2D eigenvalue weighted by atomic mass is 9.61. The lowest BCUT2D eigenvalue weighted by Gasteiger charge is -2.44. The van der Waals surface area contributed by atoms with Crippen LogP contribution < -0.4 is 0 Å². The Kier molecular flexibility index (Phi) is 5.81. The number of allylic oxidation sites excluding steroid dienone is 7. The molecular weight excluding hydrogens is 304 g/mol. The summed E-state index contributed by atoms with van der Waals surface area (Å²) in [5.74, 6) is 1.93. The van der Waals surface area contributed by atoms with Crippen LogP contribution in [-0.2, 0) is 4.79 Å². The maximum atomic E-state index is 10.7. The molecule has 0 aliphatic heterocycles. The molecule has 3 aliphatic carbocycles. The molecule has 3 rings (SSSR count). The highest BCUT2D eigenvalue weighted by Crippen LogP contribution is 2.59. The molecule has 0 aromatic heterocycles. The Morgan fingerprint density at radius 3 is 2.68 bits per heavy atom. The second-order valence-electron chi connectivity index (χ2n) is 8.72. The van der Waals surface area contributed by atoms with Gasteiger partial charge in [0.1, 0.15) is 6.29 Å². The molecule has 0 saturated heterocycles. The zero-order valence-corrected chi connectivity index (χ0v) is 16.1. The van der Waals surface area contributed by atoms with Crippen LogP contribution in [0.4, 0.5) is 0 Å². The van der Waals surface area contributed by atoms with E-state index in [0.29, 0.717) is 17.3 Å². The minimum atomic E-state index is 0.402. The molecule has 1 nitrogen and oxygen atoms in total. The van der Waals surface area contributed by atoms with E-state index in [1.165, 1.54) is 68.9 Å². The van der Waals surface area contributed by atoms with Crippen LogP contribution in [-0.4, -0.2) is 6.29 Å². The maximum Gasteiger partial charge on any atom is 0.142 e. The van der Waals surface area contributed by atoms with E-state index in [-0.39, 0.29) is 0 Å². The molecule has 1 heteroatoms. The Balaban J connectivity index is 1.79. The predicted molar refractivity (Wildman–Crippen MR) is 106 cm³/mol. The third-order valence-corrected chi connectivity index (χ3v) is 7.29. The van der Waals surface area contributed by atoms with E-state index < -0.39 is 0 Å². The maximum absolute atomic E-state index is 10.7. The summed E-state index contributed by atoms with van der Waals surface area (Å²) in [6.07, 6.45) is 21.1. The molecule has 3 fully saturated rings. The monoisotopic (exact) mass is 338 g/mol. The molecule has 0 spiro atoms. The molecule has 4 atom stereocenters. The molecule has 3 saturated carbocycles. The highest BCUT2D eigenvalue weighted by molar-refractivity contribution is 5.64. The van der Waals surface area contributed by atoms with E-state index in [2.05, 4.69) is 38.7 Å². The highest BCUT2D eigenvalue weighted by Gasteiger charge is 2.50. The first-order valence-corrected chi connectivity index (χ1v) is 10.3. The van der Waals surface area contributed by atoms with Gasteiger partial charge in [-0.2, -0.15) is 0 Å². The van der Waals surface area contributed by atoms with Crippen LogP contribution in [0.15, 0.2) is 47.6 Å². The summed E-state index contributed by atoms with van der Waals surface area (Å²) < 4.78 is 0. The van der Waals surface area contributed by atoms with Gasteiger partial charge in [-0.05, 0) is 92.6 Å². The quantitative estimate of drug-likeness (QED) is 0.418. The van der Waals surface area contributed by atoms with Gasteiger partial charge in [0, 0.05) is 0 Å². The Labute approximate surface area is 154 Å². The van der Waals surface area contributed by atoms with E-state index >= 15 is 0 Å². The van der Waals surface area contributed by atoms with Crippen LogP contribution in [0.2, 0.25) is 0 Å². The number of carbonyl (C=O) groups excluding carboxylic acids is 1. The van der Waals surface area contributed by atoms with Crippen LogP contribution >= 0.6 is 0 Å². The van der Waals surface area contributed by atoms with Crippen molar-refractivity contribution in [3.05, 3.63) is 47.6 Å². The Bertz CT molecular complexity index is 606. The zero-order valence-electron chi connectivity index (χ0n) is 16.1. The summed E-state index contributed by atoms with van der Waals surface area (Å²) in [6.45, 7) is 9.08. The Hall–Kier alpha value is -1.37. The summed E-state index contributed by atoms with van der Waals surface area (Å²) in [7, 11) is 0. The van der Waals surface area contributed by atoms with E-state index in [1.54, 1.807) is 11.6 Å². The van der Waals surface area contributed by atoms with Crippen molar-refractivity contribution in [2.75, 3.05) is 0 Å². The molecule has 0 amide bonds. The molecule has 0 aromatic carbocycles. The van der Waals surface area contributed by atoms with Crippen LogP contribution in [0.1, 0.15) is 71.6 Å². The Morgan fingerprint density at radius 1 is 1.12 bits per heavy atom. The lowest BCUT2D eigenvalue weighted by molar-refractivity contribution is -0.104. The average Bonchev–Trinajstić information content (AvgIpc) is 2.96. The fraction of sp³-hybridized carbons (Fsp3) is 0.625. The summed E-state index contributed by atoms with van der Waals surface area (Å²) in [4.78, 5) is 10.7. The van der Waals surface area contributed by atoms with Gasteiger partial charge < -0.3 is 0 Å². The summed E-state index contributed by atoms with van der Waals surface area (Å²) in [5.41, 5.74) is 4.92. The summed E-state index contributed by atoms with van der Waals surface area (Å²) in [5, 5.41) is 0. The minimum absolute atomic E-state index is 0.402. The second-order valence-corrected chi connectivity index (χ2v) is 8.72. The first kappa shape index (κ1) is 18.4. The molecular formula is C24H34O. The zero-order chi connectivity index (χ0) is 17.9. The van der Waals surface area contributed by atoms with E-state index in [0.717, 1.165) is 12.2 Å². The van der Waals surface area contributed by atoms with Crippen molar-refractivity contribution in [3.63, 3.8) is 0 Å². The van der Waals surface area contributed by atoms with Crippen LogP contribution in [0.3, 0.4) is 0 Å². The molecule has 0 heterocycles. The third kappa shape index (κ3) is 3.76. The standard InChI is InChI=1S/C24H34O/c1-18-8-4-5-10-20(18)12-13-21-11-6-16-24(3)22(14-15-23(21)24)19(2)9-7-17-25/h7,9,12-13,17,19,22-23H,1,4-6,8,10-11,14-16H2,2-3H3/b9-7+,20-12-,21-13+/t19-,22-,23+,24-/m1/s1. The van der Waals surface area contributed by atoms with Crippen LogP contribution in [0, 0.1) is 23.2 Å². The Morgan fingerprint density at radius 2 is 1.92 bits per heavy atom. The predicted octanol–water partition coefficient (Wildman–Crippen LogP) is 6.58. The molecule has 0 radical (unpaired) electrons. The van der Waals surface area contributed by atoms with Gasteiger partial charge in [0.25, 0.3) is 0 Å². The van der Waals surface area contributed by atoms with Crippen molar-refractivity contribution < 1.29 is 4.79 Å². The molecule has 0 unspecified atom stereocenters. The van der Waals surface area contributed by atoms with Gasteiger partial charge in [0.15, 0.2) is 0 Å². The number of hydrogen-bond acceptors (Lipinski definition) is 1. The number of carbonyl (C=O) groups is 1. The van der Waals surface area contributed by atoms with Crippen molar-refractivity contribution >= 4 is 6.29 Å². The van der Waals surface area contributed by atoms with Gasteiger partial charge >= 0.3 is 0 Å². The van der Waals surface area contributed by atoms with E-state index in [1.807, 2.05) is 0 Å². The summed E-state index contributed by atoms with van der Waals surface area (Å²) in [6, 6.07) is 0. The van der Waals surface area contributed by atoms with Gasteiger partial charge in [-0.15, -0.1) is 0 Å². The fourth-order valence-electron chi connectivity index (χ4n) is 5.90. The van der Waals surface area contributed by atoms with Crippen molar-refractivity contribution in [2.24, 2.45) is 23.2 Å². The first-order chi connectivity index (χ1) is 12.1. The number of fused-ring (bicyclic) bond motifs is 1. The van der Waals surface area contributed by atoms with Gasteiger partial charge in [-0.1, -0.05) is 49.8 Å². The number of hydrogen-bond donors (Lipinski definition) is 0. The van der Waals surface area contributed by atoms with Gasteiger partial charge in [-0.25, -0.2) is 0 Å². The normalized spacial score (nSPS) is 37.6. The molecule has 3 aliphatic rings. The molecule has 0 N–H and O–H groups in total. The van der Waals surface area contributed by atoms with Crippen molar-refractivity contribution in [1.82, 2.24) is 0 Å². The molecule has 0 bridgehead atoms. The van der Waals surface area contributed by atoms with Gasteiger partial charge in [-0.3, -0.25) is 4.79 Å². The second kappa shape index (κ2) is 7.89. The highest BCUT2D eigenvalue weighted by atomic mass is 16.1. The SMILES string of the molecule is C=C1CCCC/C1=C/C=C1\CCC[C@]2(C)[C@@H]([C@H](C)/C=C/C=O)CC[C@@H]12. The van der Waals surface area contributed by atoms with Crippen LogP contribution in [0.5, 0.6) is 0 Å². The molecule has 25 heavy (non-hydrogen) atoms. The molecule has 0 aromatic rings. The number of rotatable bonds is 4. The van der Waals surface area contributed by atoms with Crippen molar-refractivity contribution in [1.29, 1.82) is 0 Å². The van der Waals surface area contributed by atoms with E-state index in [4.69, 9.17) is 0 Å². The number of aldehydes is 1. The fourth-order valence-corrected chi connectivity index (χ4v) is 5.90. The van der Waals surface area contributed by atoms with Crippen LogP contribution in [0.25, 0.3) is 0 Å². The third-order valence-electron chi connectivity index (χ3n) is 7.29. The minimum Gasteiger partial charge on any atom is -0.299 e. The van der Waals surface area contributed by atoms with Crippen molar-refractivity contribution in [3.8, 4) is 0 Å². The smallest absolute Gasteiger partial charge is 0.142 e.